The van der Waals surface area contributed by atoms with Crippen molar-refractivity contribution in [1.29, 1.82) is 0 Å². The van der Waals surface area contributed by atoms with Gasteiger partial charge in [0.05, 0.1) is 11.2 Å². The van der Waals surface area contributed by atoms with E-state index in [9.17, 15) is 0 Å². The Morgan fingerprint density at radius 1 is 1.36 bits per heavy atom. The van der Waals surface area contributed by atoms with Crippen LogP contribution in [0, 0.1) is 6.92 Å². The fraction of sp³-hybridized carbons (Fsp3) is 0.182. The van der Waals surface area contributed by atoms with Gasteiger partial charge in [0, 0.05) is 23.8 Å². The summed E-state index contributed by atoms with van der Waals surface area (Å²) in [5.74, 6) is 0. The Bertz CT molecular complexity index is 477. The molecule has 2 aromatic rings. The standard InChI is InChI=1S/C11H13N3/c1-7-6-9(12)8-4-3-5-10(13-2)11(8)14-7/h3-6,13H,1-2H3,(H2,12,14). The molecule has 0 fully saturated rings. The molecule has 0 bridgehead atoms. The van der Waals surface area contributed by atoms with Crippen molar-refractivity contribution in [3.8, 4) is 0 Å². The van der Waals surface area contributed by atoms with E-state index in [4.69, 9.17) is 5.73 Å². The largest absolute Gasteiger partial charge is 0.398 e. The number of fused-ring (bicyclic) bond motifs is 1. The maximum Gasteiger partial charge on any atom is 0.0956 e. The summed E-state index contributed by atoms with van der Waals surface area (Å²) in [4.78, 5) is 4.46. The van der Waals surface area contributed by atoms with Gasteiger partial charge in [-0.1, -0.05) is 12.1 Å². The van der Waals surface area contributed by atoms with Gasteiger partial charge in [-0.2, -0.15) is 0 Å². The van der Waals surface area contributed by atoms with Crippen molar-refractivity contribution in [1.82, 2.24) is 4.98 Å². The van der Waals surface area contributed by atoms with Crippen LogP contribution in [0.25, 0.3) is 10.9 Å². The summed E-state index contributed by atoms with van der Waals surface area (Å²) >= 11 is 0. The summed E-state index contributed by atoms with van der Waals surface area (Å²) in [6, 6.07) is 7.84. The molecule has 0 unspecified atom stereocenters. The van der Waals surface area contributed by atoms with Crippen LogP contribution in [0.15, 0.2) is 24.3 Å². The molecule has 0 saturated heterocycles. The number of benzene rings is 1. The Morgan fingerprint density at radius 3 is 2.86 bits per heavy atom. The lowest BCUT2D eigenvalue weighted by molar-refractivity contribution is 1.25. The molecule has 0 radical (unpaired) electrons. The van der Waals surface area contributed by atoms with E-state index in [-0.39, 0.29) is 0 Å². The van der Waals surface area contributed by atoms with Crippen LogP contribution in [0.1, 0.15) is 5.69 Å². The Labute approximate surface area is 83.0 Å². The van der Waals surface area contributed by atoms with E-state index in [1.54, 1.807) is 0 Å². The number of aromatic nitrogens is 1. The van der Waals surface area contributed by atoms with Crippen LogP contribution in [-0.4, -0.2) is 12.0 Å². The third kappa shape index (κ3) is 1.27. The van der Waals surface area contributed by atoms with Gasteiger partial charge in [-0.25, -0.2) is 0 Å². The average molecular weight is 187 g/mol. The zero-order valence-corrected chi connectivity index (χ0v) is 8.33. The zero-order valence-electron chi connectivity index (χ0n) is 8.33. The molecule has 0 spiro atoms. The van der Waals surface area contributed by atoms with E-state index in [1.807, 2.05) is 38.2 Å². The van der Waals surface area contributed by atoms with Crippen LogP contribution in [-0.2, 0) is 0 Å². The lowest BCUT2D eigenvalue weighted by atomic mass is 10.1. The Morgan fingerprint density at radius 2 is 2.14 bits per heavy atom. The number of nitrogens with two attached hydrogens (primary N) is 1. The highest BCUT2D eigenvalue weighted by Gasteiger charge is 2.04. The van der Waals surface area contributed by atoms with Gasteiger partial charge in [-0.05, 0) is 19.1 Å². The first-order valence-electron chi connectivity index (χ1n) is 4.56. The number of nitrogen functional groups attached to an aromatic ring is 1. The minimum Gasteiger partial charge on any atom is -0.398 e. The summed E-state index contributed by atoms with van der Waals surface area (Å²) in [7, 11) is 1.88. The van der Waals surface area contributed by atoms with Crippen molar-refractivity contribution in [2.45, 2.75) is 6.92 Å². The first-order valence-corrected chi connectivity index (χ1v) is 4.56. The van der Waals surface area contributed by atoms with Crippen LogP contribution >= 0.6 is 0 Å². The van der Waals surface area contributed by atoms with Crippen LogP contribution < -0.4 is 11.1 Å². The van der Waals surface area contributed by atoms with Crippen LogP contribution in [0.3, 0.4) is 0 Å². The molecule has 3 nitrogen and oxygen atoms in total. The number of pyridine rings is 1. The first-order chi connectivity index (χ1) is 6.72. The molecule has 3 N–H and O–H groups in total. The lowest BCUT2D eigenvalue weighted by Crippen LogP contribution is -1.96. The number of hydrogen-bond acceptors (Lipinski definition) is 3. The van der Waals surface area contributed by atoms with Gasteiger partial charge in [0.25, 0.3) is 0 Å². The third-order valence-corrected chi connectivity index (χ3v) is 2.27. The van der Waals surface area contributed by atoms with Crippen LogP contribution in [0.2, 0.25) is 0 Å². The normalized spacial score (nSPS) is 10.4. The van der Waals surface area contributed by atoms with E-state index >= 15 is 0 Å². The average Bonchev–Trinajstić information content (AvgIpc) is 2.17. The maximum absolute atomic E-state index is 5.91. The number of hydrogen-bond donors (Lipinski definition) is 2. The molecule has 2 rings (SSSR count). The van der Waals surface area contributed by atoms with Crippen molar-refractivity contribution < 1.29 is 0 Å². The van der Waals surface area contributed by atoms with E-state index in [0.717, 1.165) is 28.0 Å². The molecular weight excluding hydrogens is 174 g/mol. The van der Waals surface area contributed by atoms with E-state index in [1.165, 1.54) is 0 Å². The van der Waals surface area contributed by atoms with Crippen molar-refractivity contribution in [2.24, 2.45) is 0 Å². The molecule has 0 atom stereocenters. The molecule has 0 amide bonds. The summed E-state index contributed by atoms with van der Waals surface area (Å²) in [5, 5.41) is 4.11. The molecule has 0 aliphatic heterocycles. The molecule has 0 aliphatic carbocycles. The predicted octanol–water partition coefficient (Wildman–Crippen LogP) is 2.17. The lowest BCUT2D eigenvalue weighted by Gasteiger charge is -2.07. The monoisotopic (exact) mass is 187 g/mol. The number of anilines is 2. The number of aryl methyl sites for hydroxylation is 1. The molecule has 72 valence electrons. The van der Waals surface area contributed by atoms with Crippen molar-refractivity contribution >= 4 is 22.3 Å². The maximum atomic E-state index is 5.91. The van der Waals surface area contributed by atoms with Gasteiger partial charge < -0.3 is 11.1 Å². The second kappa shape index (κ2) is 3.18. The highest BCUT2D eigenvalue weighted by molar-refractivity contribution is 5.97. The number of rotatable bonds is 1. The second-order valence-electron chi connectivity index (χ2n) is 3.30. The van der Waals surface area contributed by atoms with Gasteiger partial charge in [0.1, 0.15) is 0 Å². The molecule has 0 aliphatic rings. The molecule has 0 saturated carbocycles. The van der Waals surface area contributed by atoms with Gasteiger partial charge in [0.15, 0.2) is 0 Å². The fourth-order valence-corrected chi connectivity index (χ4v) is 1.61. The van der Waals surface area contributed by atoms with Gasteiger partial charge in [-0.15, -0.1) is 0 Å². The van der Waals surface area contributed by atoms with Crippen LogP contribution in [0.4, 0.5) is 11.4 Å². The van der Waals surface area contributed by atoms with Gasteiger partial charge in [0.2, 0.25) is 0 Å². The molecular formula is C11H13N3. The summed E-state index contributed by atoms with van der Waals surface area (Å²) in [5.41, 5.74) is 9.59. The Kier molecular flexibility index (Phi) is 2.00. The highest BCUT2D eigenvalue weighted by atomic mass is 14.9. The molecule has 3 heteroatoms. The summed E-state index contributed by atoms with van der Waals surface area (Å²) < 4.78 is 0. The van der Waals surface area contributed by atoms with Crippen molar-refractivity contribution in [2.75, 3.05) is 18.1 Å². The first kappa shape index (κ1) is 8.81. The molecule has 1 aromatic carbocycles. The molecule has 1 heterocycles. The topological polar surface area (TPSA) is 50.9 Å². The Hall–Kier alpha value is -1.77. The van der Waals surface area contributed by atoms with E-state index in [2.05, 4.69) is 10.3 Å². The van der Waals surface area contributed by atoms with Crippen LogP contribution in [0.5, 0.6) is 0 Å². The van der Waals surface area contributed by atoms with Gasteiger partial charge in [-0.3, -0.25) is 4.98 Å². The van der Waals surface area contributed by atoms with E-state index < -0.39 is 0 Å². The van der Waals surface area contributed by atoms with Crippen molar-refractivity contribution in [3.63, 3.8) is 0 Å². The zero-order chi connectivity index (χ0) is 10.1. The summed E-state index contributed by atoms with van der Waals surface area (Å²) in [6.45, 7) is 1.95. The second-order valence-corrected chi connectivity index (χ2v) is 3.30. The van der Waals surface area contributed by atoms with E-state index in [0.29, 0.717) is 0 Å². The SMILES string of the molecule is CNc1cccc2c(N)cc(C)nc12. The number of nitrogens with zero attached hydrogens (tertiary/aromatic N) is 1. The predicted molar refractivity (Wildman–Crippen MR) is 60.4 cm³/mol. The number of para-hydroxylation sites is 1. The smallest absolute Gasteiger partial charge is 0.0956 e. The minimum absolute atomic E-state index is 0.782. The van der Waals surface area contributed by atoms with Crippen molar-refractivity contribution in [3.05, 3.63) is 30.0 Å². The minimum atomic E-state index is 0.782. The summed E-state index contributed by atoms with van der Waals surface area (Å²) in [6.07, 6.45) is 0. The Balaban J connectivity index is 2.86. The molecule has 1 aromatic heterocycles. The number of nitrogens with one attached hydrogen (secondary N) is 1. The third-order valence-electron chi connectivity index (χ3n) is 2.27. The highest BCUT2D eigenvalue weighted by Crippen LogP contribution is 2.26. The quantitative estimate of drug-likeness (QED) is 0.719. The molecule has 14 heavy (non-hydrogen) atoms. The fourth-order valence-electron chi connectivity index (χ4n) is 1.61. The van der Waals surface area contributed by atoms with Gasteiger partial charge >= 0.3 is 0 Å².